The monoisotopic (exact) mass is 479 g/mol. The molecular weight excluding hydrogens is 454 g/mol. The summed E-state index contributed by atoms with van der Waals surface area (Å²) in [6, 6.07) is 23.1. The molecule has 0 aliphatic rings. The zero-order valence-electron chi connectivity index (χ0n) is 20.0. The lowest BCUT2D eigenvalue weighted by molar-refractivity contribution is 0.0952. The van der Waals surface area contributed by atoms with Gasteiger partial charge in [0.1, 0.15) is 12.7 Å². The van der Waals surface area contributed by atoms with Crippen molar-refractivity contribution in [3.05, 3.63) is 102 Å². The number of amides is 1. The van der Waals surface area contributed by atoms with E-state index in [1.807, 2.05) is 72.8 Å². The lowest BCUT2D eigenvalue weighted by Gasteiger charge is -2.13. The molecule has 180 valence electrons. The van der Waals surface area contributed by atoms with Crippen molar-refractivity contribution in [1.29, 1.82) is 0 Å². The zero-order chi connectivity index (χ0) is 24.9. The number of pyridine rings is 1. The van der Waals surface area contributed by atoms with Gasteiger partial charge in [0.15, 0.2) is 11.5 Å². The van der Waals surface area contributed by atoms with Crippen LogP contribution in [0.25, 0.3) is 22.2 Å². The number of carbonyl (C=O) groups excluding carboxylic acids is 1. The Hall–Kier alpha value is -4.72. The molecule has 5 rings (SSSR count). The predicted octanol–water partition coefficient (Wildman–Crippen LogP) is 4.49. The molecule has 36 heavy (non-hydrogen) atoms. The van der Waals surface area contributed by atoms with Gasteiger partial charge in [-0.25, -0.2) is 14.6 Å². The van der Waals surface area contributed by atoms with Crippen molar-refractivity contribution >= 4 is 16.8 Å². The summed E-state index contributed by atoms with van der Waals surface area (Å²) in [6.45, 7) is 1.05. The van der Waals surface area contributed by atoms with Crippen molar-refractivity contribution in [1.82, 2.24) is 25.1 Å². The zero-order valence-corrected chi connectivity index (χ0v) is 20.0. The molecule has 1 N–H and O–H groups in total. The summed E-state index contributed by atoms with van der Waals surface area (Å²) in [5.74, 6) is 1.07. The topological polar surface area (TPSA) is 91.2 Å². The summed E-state index contributed by atoms with van der Waals surface area (Å²) in [4.78, 5) is 22.1. The number of ether oxygens (including phenoxy) is 2. The number of nitrogens with one attached hydrogen (secondary N) is 1. The van der Waals surface area contributed by atoms with Gasteiger partial charge in [0, 0.05) is 17.5 Å². The van der Waals surface area contributed by atoms with Gasteiger partial charge in [0.25, 0.3) is 5.91 Å². The van der Waals surface area contributed by atoms with E-state index in [-0.39, 0.29) is 5.91 Å². The van der Waals surface area contributed by atoms with E-state index < -0.39 is 0 Å². The van der Waals surface area contributed by atoms with E-state index in [4.69, 9.17) is 14.5 Å². The van der Waals surface area contributed by atoms with Crippen LogP contribution in [-0.4, -0.2) is 39.9 Å². The van der Waals surface area contributed by atoms with E-state index in [1.165, 1.54) is 6.33 Å². The highest BCUT2D eigenvalue weighted by atomic mass is 16.5. The number of hydrogen-bond acceptors (Lipinski definition) is 6. The van der Waals surface area contributed by atoms with Crippen LogP contribution in [0.1, 0.15) is 21.5 Å². The molecule has 0 saturated carbocycles. The molecule has 0 radical (unpaired) electrons. The summed E-state index contributed by atoms with van der Waals surface area (Å²) >= 11 is 0. The van der Waals surface area contributed by atoms with Gasteiger partial charge in [-0.3, -0.25) is 4.79 Å². The summed E-state index contributed by atoms with van der Waals surface area (Å²) in [7, 11) is 3.19. The first-order chi connectivity index (χ1) is 17.6. The lowest BCUT2D eigenvalue weighted by atomic mass is 10.0. The number of hydrogen-bond donors (Lipinski definition) is 1. The largest absolute Gasteiger partial charge is 0.493 e. The quantitative estimate of drug-likeness (QED) is 0.353. The molecule has 0 unspecified atom stereocenters. The summed E-state index contributed by atoms with van der Waals surface area (Å²) in [6.07, 6.45) is 3.20. The first-order valence-electron chi connectivity index (χ1n) is 11.4. The third-order valence-electron chi connectivity index (χ3n) is 5.93. The molecule has 1 amide bonds. The Kier molecular flexibility index (Phi) is 6.57. The van der Waals surface area contributed by atoms with E-state index in [2.05, 4.69) is 15.4 Å². The standard InChI is InChI=1S/C28H25N5O3/c1-35-26-12-11-21(13-27(26)36-2)25-14-23(22-5-3-4-6-24(22)32-25)28(34)30-15-19-7-9-20(10-8-19)16-33-18-29-17-31-33/h3-14,17-18H,15-16H2,1-2H3,(H,30,34). The molecule has 0 spiro atoms. The van der Waals surface area contributed by atoms with Gasteiger partial charge in [0.2, 0.25) is 0 Å². The Morgan fingerprint density at radius 2 is 1.69 bits per heavy atom. The van der Waals surface area contributed by atoms with Gasteiger partial charge in [-0.05, 0) is 41.5 Å². The molecular formula is C28H25N5O3. The van der Waals surface area contributed by atoms with E-state index in [9.17, 15) is 4.79 Å². The van der Waals surface area contributed by atoms with Crippen molar-refractivity contribution in [3.8, 4) is 22.8 Å². The second-order valence-electron chi connectivity index (χ2n) is 8.23. The second-order valence-corrected chi connectivity index (χ2v) is 8.23. The number of aromatic nitrogens is 4. The van der Waals surface area contributed by atoms with Gasteiger partial charge in [0.05, 0.1) is 37.5 Å². The van der Waals surface area contributed by atoms with Crippen LogP contribution in [0.4, 0.5) is 0 Å². The number of methoxy groups -OCH3 is 2. The highest BCUT2D eigenvalue weighted by Crippen LogP contribution is 2.33. The Morgan fingerprint density at radius 1 is 0.917 bits per heavy atom. The average molecular weight is 480 g/mol. The van der Waals surface area contributed by atoms with Crippen LogP contribution in [0.3, 0.4) is 0 Å². The first kappa shape index (κ1) is 23.0. The van der Waals surface area contributed by atoms with E-state index in [0.717, 1.165) is 27.6 Å². The van der Waals surface area contributed by atoms with E-state index >= 15 is 0 Å². The SMILES string of the molecule is COc1ccc(-c2cc(C(=O)NCc3ccc(Cn4cncn4)cc3)c3ccccc3n2)cc1OC. The molecule has 8 heteroatoms. The van der Waals surface area contributed by atoms with Crippen molar-refractivity contribution in [2.24, 2.45) is 0 Å². The number of nitrogens with zero attached hydrogens (tertiary/aromatic N) is 4. The smallest absolute Gasteiger partial charge is 0.252 e. The molecule has 5 aromatic rings. The fraction of sp³-hybridized carbons (Fsp3) is 0.143. The fourth-order valence-corrected chi connectivity index (χ4v) is 4.05. The number of carbonyl (C=O) groups is 1. The summed E-state index contributed by atoms with van der Waals surface area (Å²) < 4.78 is 12.6. The third-order valence-corrected chi connectivity index (χ3v) is 5.93. The summed E-state index contributed by atoms with van der Waals surface area (Å²) in [5.41, 5.74) is 4.92. The molecule has 8 nitrogen and oxygen atoms in total. The fourth-order valence-electron chi connectivity index (χ4n) is 4.05. The van der Waals surface area contributed by atoms with Gasteiger partial charge in [-0.1, -0.05) is 42.5 Å². The normalized spacial score (nSPS) is 10.8. The molecule has 0 atom stereocenters. The third kappa shape index (κ3) is 4.88. The summed E-state index contributed by atoms with van der Waals surface area (Å²) in [5, 5.41) is 7.98. The minimum Gasteiger partial charge on any atom is -0.493 e. The van der Waals surface area contributed by atoms with Crippen LogP contribution in [0.5, 0.6) is 11.5 Å². The van der Waals surface area contributed by atoms with Crippen LogP contribution in [0, 0.1) is 0 Å². The molecule has 0 bridgehead atoms. The molecule has 0 aliphatic carbocycles. The van der Waals surface area contributed by atoms with Crippen LogP contribution < -0.4 is 14.8 Å². The molecule has 0 fully saturated rings. The van der Waals surface area contributed by atoms with Gasteiger partial charge in [-0.15, -0.1) is 0 Å². The molecule has 0 saturated heterocycles. The second kappa shape index (κ2) is 10.3. The average Bonchev–Trinajstić information content (AvgIpc) is 3.44. The van der Waals surface area contributed by atoms with Gasteiger partial charge >= 0.3 is 0 Å². The van der Waals surface area contributed by atoms with E-state index in [0.29, 0.717) is 35.8 Å². The van der Waals surface area contributed by atoms with Crippen molar-refractivity contribution in [2.75, 3.05) is 14.2 Å². The maximum Gasteiger partial charge on any atom is 0.252 e. The minimum absolute atomic E-state index is 0.165. The molecule has 0 aliphatic heterocycles. The maximum atomic E-state index is 13.3. The van der Waals surface area contributed by atoms with Crippen LogP contribution in [0.15, 0.2) is 85.5 Å². The van der Waals surface area contributed by atoms with Gasteiger partial charge in [-0.2, -0.15) is 5.10 Å². The highest BCUT2D eigenvalue weighted by molar-refractivity contribution is 6.07. The van der Waals surface area contributed by atoms with Crippen LogP contribution in [0.2, 0.25) is 0 Å². The molecule has 3 aromatic carbocycles. The Morgan fingerprint density at radius 3 is 2.44 bits per heavy atom. The number of rotatable bonds is 8. The number of para-hydroxylation sites is 1. The van der Waals surface area contributed by atoms with Gasteiger partial charge < -0.3 is 14.8 Å². The molecule has 2 heterocycles. The number of fused-ring (bicyclic) bond motifs is 1. The first-order valence-corrected chi connectivity index (χ1v) is 11.4. The van der Waals surface area contributed by atoms with E-state index in [1.54, 1.807) is 25.2 Å². The maximum absolute atomic E-state index is 13.3. The Bertz CT molecular complexity index is 1500. The minimum atomic E-state index is -0.165. The Labute approximate surface area is 208 Å². The molecule has 2 aromatic heterocycles. The predicted molar refractivity (Wildman–Crippen MR) is 137 cm³/mol. The lowest BCUT2D eigenvalue weighted by Crippen LogP contribution is -2.23. The highest BCUT2D eigenvalue weighted by Gasteiger charge is 2.15. The Balaban J connectivity index is 1.38. The van der Waals surface area contributed by atoms with Crippen molar-refractivity contribution in [3.63, 3.8) is 0 Å². The van der Waals surface area contributed by atoms with Crippen molar-refractivity contribution < 1.29 is 14.3 Å². The van der Waals surface area contributed by atoms with Crippen molar-refractivity contribution in [2.45, 2.75) is 13.1 Å². The number of benzene rings is 3. The van der Waals surface area contributed by atoms with Crippen LogP contribution >= 0.6 is 0 Å². The van der Waals surface area contributed by atoms with Crippen LogP contribution in [-0.2, 0) is 13.1 Å².